The summed E-state index contributed by atoms with van der Waals surface area (Å²) in [4.78, 5) is 15.9. The van der Waals surface area contributed by atoms with E-state index in [1.807, 2.05) is 24.3 Å². The number of nitrogens with one attached hydrogen (secondary N) is 1. The zero-order valence-electron chi connectivity index (χ0n) is 16.4. The zero-order valence-corrected chi connectivity index (χ0v) is 16.4. The first-order valence-electron chi connectivity index (χ1n) is 9.84. The van der Waals surface area contributed by atoms with Crippen molar-refractivity contribution in [2.75, 3.05) is 24.5 Å². The van der Waals surface area contributed by atoms with Gasteiger partial charge in [-0.15, -0.1) is 0 Å². The highest BCUT2D eigenvalue weighted by molar-refractivity contribution is 5.81. The number of piperazine rings is 1. The maximum Gasteiger partial charge on any atom is 0.167 e. The molecule has 0 amide bonds. The molecule has 0 unspecified atom stereocenters. The van der Waals surface area contributed by atoms with Gasteiger partial charge in [0, 0.05) is 44.1 Å². The molecule has 0 bridgehead atoms. The number of halogens is 2. The van der Waals surface area contributed by atoms with Crippen LogP contribution < -0.4 is 10.2 Å². The van der Waals surface area contributed by atoms with Crippen molar-refractivity contribution in [2.24, 2.45) is 0 Å². The molecule has 0 saturated carbocycles. The van der Waals surface area contributed by atoms with Crippen LogP contribution >= 0.6 is 0 Å². The topological polar surface area (TPSA) is 58.9 Å². The van der Waals surface area contributed by atoms with Gasteiger partial charge in [0.05, 0.1) is 11.3 Å². The predicted molar refractivity (Wildman–Crippen MR) is 112 cm³/mol. The first kappa shape index (κ1) is 18.6. The number of nitrogens with zero attached hydrogens (tertiary/aromatic N) is 5. The normalized spacial score (nSPS) is 16.9. The van der Waals surface area contributed by atoms with Crippen molar-refractivity contribution in [3.8, 4) is 17.1 Å². The van der Waals surface area contributed by atoms with Crippen LogP contribution in [0, 0.1) is 11.6 Å². The minimum absolute atomic E-state index is 0.211. The lowest BCUT2D eigenvalue weighted by Gasteiger charge is -2.34. The van der Waals surface area contributed by atoms with Crippen LogP contribution in [0.4, 0.5) is 14.6 Å². The molecule has 5 rings (SSSR count). The van der Waals surface area contributed by atoms with Crippen LogP contribution in [0.1, 0.15) is 6.92 Å². The Labute approximate surface area is 172 Å². The number of aromatic nitrogens is 4. The van der Waals surface area contributed by atoms with Crippen LogP contribution in [-0.4, -0.2) is 45.2 Å². The van der Waals surface area contributed by atoms with E-state index >= 15 is 0 Å². The lowest BCUT2D eigenvalue weighted by molar-refractivity contribution is 0.497. The van der Waals surface area contributed by atoms with Crippen LogP contribution in [0.25, 0.3) is 28.2 Å². The summed E-state index contributed by atoms with van der Waals surface area (Å²) in [6.45, 7) is 4.77. The Bertz CT molecular complexity index is 1210. The van der Waals surface area contributed by atoms with Gasteiger partial charge in [0.1, 0.15) is 28.8 Å². The van der Waals surface area contributed by atoms with E-state index in [0.717, 1.165) is 37.2 Å². The van der Waals surface area contributed by atoms with Gasteiger partial charge in [-0.25, -0.2) is 18.7 Å². The number of hydrogen-bond donors (Lipinski definition) is 1. The molecule has 0 radical (unpaired) electrons. The molecule has 4 aromatic rings. The molecule has 1 N–H and O–H groups in total. The summed E-state index contributed by atoms with van der Waals surface area (Å²) in [5, 5.41) is 3.38. The van der Waals surface area contributed by atoms with E-state index in [-0.39, 0.29) is 5.56 Å². The minimum atomic E-state index is -0.670. The average Bonchev–Trinajstić information content (AvgIpc) is 3.13. The maximum absolute atomic E-state index is 14.6. The highest BCUT2D eigenvalue weighted by atomic mass is 19.1. The number of benzene rings is 1. The van der Waals surface area contributed by atoms with Gasteiger partial charge in [-0.2, -0.15) is 0 Å². The number of imidazole rings is 1. The van der Waals surface area contributed by atoms with Crippen molar-refractivity contribution in [2.45, 2.75) is 13.0 Å². The van der Waals surface area contributed by atoms with Crippen LogP contribution in [0.2, 0.25) is 0 Å². The number of fused-ring (bicyclic) bond motifs is 1. The molecule has 1 aliphatic rings. The Morgan fingerprint density at radius 2 is 1.87 bits per heavy atom. The molecular weight excluding hydrogens is 386 g/mol. The molecule has 3 aromatic heterocycles. The van der Waals surface area contributed by atoms with E-state index in [4.69, 9.17) is 4.98 Å². The van der Waals surface area contributed by atoms with Crippen molar-refractivity contribution in [1.82, 2.24) is 24.8 Å². The van der Waals surface area contributed by atoms with Gasteiger partial charge in [0.15, 0.2) is 5.65 Å². The molecule has 4 heterocycles. The summed E-state index contributed by atoms with van der Waals surface area (Å²) in [5.41, 5.74) is 2.22. The molecule has 1 atom stereocenters. The number of rotatable bonds is 3. The van der Waals surface area contributed by atoms with Gasteiger partial charge in [0.25, 0.3) is 0 Å². The van der Waals surface area contributed by atoms with E-state index in [1.54, 1.807) is 17.0 Å². The molecule has 1 aromatic carbocycles. The quantitative estimate of drug-likeness (QED) is 0.564. The van der Waals surface area contributed by atoms with Gasteiger partial charge in [-0.3, -0.25) is 9.55 Å². The third-order valence-corrected chi connectivity index (χ3v) is 5.38. The Kier molecular flexibility index (Phi) is 4.63. The van der Waals surface area contributed by atoms with Crippen LogP contribution in [0.3, 0.4) is 0 Å². The largest absolute Gasteiger partial charge is 0.351 e. The molecule has 8 heteroatoms. The molecule has 0 spiro atoms. The molecule has 1 saturated heterocycles. The van der Waals surface area contributed by atoms with E-state index in [0.29, 0.717) is 23.0 Å². The molecule has 30 heavy (non-hydrogen) atoms. The fourth-order valence-corrected chi connectivity index (χ4v) is 3.88. The van der Waals surface area contributed by atoms with E-state index < -0.39 is 11.6 Å². The van der Waals surface area contributed by atoms with Crippen molar-refractivity contribution >= 4 is 17.0 Å². The fraction of sp³-hybridized carbons (Fsp3) is 0.227. The SMILES string of the molecule is C[C@@H]1CNCCN1c1ccc2nc(-c3ccc(F)cc3F)n(-c3ccncc3)c2n1. The van der Waals surface area contributed by atoms with Crippen LogP contribution in [0.15, 0.2) is 54.9 Å². The smallest absolute Gasteiger partial charge is 0.167 e. The lowest BCUT2D eigenvalue weighted by Crippen LogP contribution is -2.50. The zero-order chi connectivity index (χ0) is 20.7. The molecule has 6 nitrogen and oxygen atoms in total. The van der Waals surface area contributed by atoms with Crippen LogP contribution in [-0.2, 0) is 0 Å². The number of hydrogen-bond acceptors (Lipinski definition) is 5. The van der Waals surface area contributed by atoms with Crippen molar-refractivity contribution in [3.63, 3.8) is 0 Å². The van der Waals surface area contributed by atoms with Crippen LogP contribution in [0.5, 0.6) is 0 Å². The molecule has 1 fully saturated rings. The first-order chi connectivity index (χ1) is 14.6. The van der Waals surface area contributed by atoms with E-state index in [2.05, 4.69) is 27.1 Å². The summed E-state index contributed by atoms with van der Waals surface area (Å²) in [5.74, 6) is -0.0861. The molecule has 152 valence electrons. The van der Waals surface area contributed by atoms with Gasteiger partial charge in [0.2, 0.25) is 0 Å². The number of pyridine rings is 2. The Hall–Kier alpha value is -3.39. The second-order valence-corrected chi connectivity index (χ2v) is 7.36. The number of anilines is 1. The Morgan fingerprint density at radius 3 is 2.63 bits per heavy atom. The summed E-state index contributed by atoms with van der Waals surface area (Å²) in [7, 11) is 0. The molecule has 1 aliphatic heterocycles. The standard InChI is InChI=1S/C22H20F2N6/c1-14-13-26-10-11-29(14)20-5-4-19-22(28-20)30(16-6-8-25-9-7-16)21(27-19)17-3-2-15(23)12-18(17)24/h2-9,12,14,26H,10-11,13H2,1H3/t14-/m1/s1. The maximum atomic E-state index is 14.6. The highest BCUT2D eigenvalue weighted by Crippen LogP contribution is 2.31. The van der Waals surface area contributed by atoms with Crippen molar-refractivity contribution < 1.29 is 8.78 Å². The predicted octanol–water partition coefficient (Wildman–Crippen LogP) is 3.56. The summed E-state index contributed by atoms with van der Waals surface area (Å²) in [6, 6.07) is 11.3. The summed E-state index contributed by atoms with van der Waals surface area (Å²) < 4.78 is 29.9. The summed E-state index contributed by atoms with van der Waals surface area (Å²) in [6.07, 6.45) is 3.32. The summed E-state index contributed by atoms with van der Waals surface area (Å²) >= 11 is 0. The minimum Gasteiger partial charge on any atom is -0.351 e. The van der Waals surface area contributed by atoms with E-state index in [1.165, 1.54) is 12.1 Å². The van der Waals surface area contributed by atoms with Gasteiger partial charge in [-0.1, -0.05) is 0 Å². The van der Waals surface area contributed by atoms with Gasteiger partial charge < -0.3 is 10.2 Å². The molecule has 0 aliphatic carbocycles. The average molecular weight is 406 g/mol. The highest BCUT2D eigenvalue weighted by Gasteiger charge is 2.23. The monoisotopic (exact) mass is 406 g/mol. The third-order valence-electron chi connectivity index (χ3n) is 5.38. The second-order valence-electron chi connectivity index (χ2n) is 7.36. The first-order valence-corrected chi connectivity index (χ1v) is 9.84. The molecular formula is C22H20F2N6. The Balaban J connectivity index is 1.74. The lowest BCUT2D eigenvalue weighted by atomic mass is 10.2. The van der Waals surface area contributed by atoms with Gasteiger partial charge >= 0.3 is 0 Å². The van der Waals surface area contributed by atoms with Gasteiger partial charge in [-0.05, 0) is 43.3 Å². The third kappa shape index (κ3) is 3.19. The Morgan fingerprint density at radius 1 is 1.03 bits per heavy atom. The fourth-order valence-electron chi connectivity index (χ4n) is 3.88. The van der Waals surface area contributed by atoms with Crippen molar-refractivity contribution in [1.29, 1.82) is 0 Å². The second kappa shape index (κ2) is 7.46. The van der Waals surface area contributed by atoms with Crippen molar-refractivity contribution in [3.05, 3.63) is 66.5 Å². The van der Waals surface area contributed by atoms with E-state index in [9.17, 15) is 8.78 Å².